The predicted molar refractivity (Wildman–Crippen MR) is 161 cm³/mol. The number of nitrogens with zero attached hydrogens (tertiary/aromatic N) is 1. The highest BCUT2D eigenvalue weighted by atomic mass is 19.1. The Morgan fingerprint density at radius 1 is 1.05 bits per heavy atom. The van der Waals surface area contributed by atoms with Crippen LogP contribution < -0.4 is 29.7 Å². The molecule has 1 saturated carbocycles. The van der Waals surface area contributed by atoms with Gasteiger partial charge in [0.1, 0.15) is 35.2 Å². The summed E-state index contributed by atoms with van der Waals surface area (Å²) in [5, 5.41) is 6.31. The van der Waals surface area contributed by atoms with Crippen molar-refractivity contribution < 1.29 is 28.2 Å². The number of nitrogens with one attached hydrogen (secondary N) is 2. The van der Waals surface area contributed by atoms with Crippen molar-refractivity contribution in [3.63, 3.8) is 0 Å². The first-order valence-corrected chi connectivity index (χ1v) is 14.4. The number of carbonyl (C=O) groups excluding carboxylic acids is 2. The van der Waals surface area contributed by atoms with E-state index in [1.54, 1.807) is 37.3 Å². The number of halogens is 1. The highest BCUT2D eigenvalue weighted by Gasteiger charge is 2.38. The molecule has 222 valence electrons. The number of ether oxygens (including phenoxy) is 3. The molecule has 5 rings (SSSR count). The largest absolute Gasteiger partial charge is 0.496 e. The molecule has 42 heavy (non-hydrogen) atoms. The Morgan fingerprint density at radius 2 is 1.79 bits per heavy atom. The maximum absolute atomic E-state index is 14.0. The first kappa shape index (κ1) is 29.2. The topological polar surface area (TPSA) is 89.1 Å². The van der Waals surface area contributed by atoms with Crippen LogP contribution in [0.25, 0.3) is 11.1 Å². The van der Waals surface area contributed by atoms with Crippen molar-refractivity contribution in [2.24, 2.45) is 0 Å². The van der Waals surface area contributed by atoms with E-state index >= 15 is 0 Å². The zero-order valence-electron chi connectivity index (χ0n) is 24.8. The number of aryl methyl sites for hydroxylation is 1. The number of amides is 2. The number of likely N-dealkylation sites (N-methyl/N-ethyl adjacent to an activating group) is 1. The second kappa shape index (κ2) is 11.9. The summed E-state index contributed by atoms with van der Waals surface area (Å²) in [6, 6.07) is 13.6. The SMILES string of the molecule is COc1cc(OC(=O)NC2CCCCC2)ccc1-c1ccc2c(c1COc1cc(F)ccc1C)N(C)C(=O)C(C)(C)N2. The molecule has 0 aromatic heterocycles. The van der Waals surface area contributed by atoms with E-state index in [4.69, 9.17) is 14.2 Å². The zero-order valence-corrected chi connectivity index (χ0v) is 24.8. The van der Waals surface area contributed by atoms with Crippen LogP contribution in [0.4, 0.5) is 20.6 Å². The predicted octanol–water partition coefficient (Wildman–Crippen LogP) is 6.98. The molecule has 0 atom stereocenters. The summed E-state index contributed by atoms with van der Waals surface area (Å²) in [6.07, 6.45) is 4.83. The zero-order chi connectivity index (χ0) is 30.0. The molecule has 3 aromatic rings. The molecule has 2 amide bonds. The number of carbonyl (C=O) groups is 2. The van der Waals surface area contributed by atoms with Gasteiger partial charge >= 0.3 is 6.09 Å². The molecular weight excluding hydrogens is 537 g/mol. The second-order valence-electron chi connectivity index (χ2n) is 11.5. The summed E-state index contributed by atoms with van der Waals surface area (Å²) in [5.74, 6) is 0.753. The summed E-state index contributed by atoms with van der Waals surface area (Å²) in [5.41, 5.74) is 3.64. The summed E-state index contributed by atoms with van der Waals surface area (Å²) >= 11 is 0. The Kier molecular flexibility index (Phi) is 8.29. The lowest BCUT2D eigenvalue weighted by molar-refractivity contribution is -0.121. The van der Waals surface area contributed by atoms with Crippen LogP contribution >= 0.6 is 0 Å². The summed E-state index contributed by atoms with van der Waals surface area (Å²) < 4.78 is 31.6. The van der Waals surface area contributed by atoms with Crippen LogP contribution in [0, 0.1) is 12.7 Å². The van der Waals surface area contributed by atoms with E-state index in [-0.39, 0.29) is 18.6 Å². The Bertz CT molecular complexity index is 1500. The van der Waals surface area contributed by atoms with Gasteiger partial charge in [-0.25, -0.2) is 9.18 Å². The van der Waals surface area contributed by atoms with Crippen LogP contribution in [-0.4, -0.2) is 37.7 Å². The molecule has 2 N–H and O–H groups in total. The smallest absolute Gasteiger partial charge is 0.412 e. The lowest BCUT2D eigenvalue weighted by Crippen LogP contribution is -2.52. The van der Waals surface area contributed by atoms with Crippen molar-refractivity contribution in [3.8, 4) is 28.4 Å². The number of rotatable bonds is 7. The van der Waals surface area contributed by atoms with Crippen molar-refractivity contribution in [1.29, 1.82) is 0 Å². The fraction of sp³-hybridized carbons (Fsp3) is 0.394. The van der Waals surface area contributed by atoms with Crippen molar-refractivity contribution in [1.82, 2.24) is 5.32 Å². The first-order valence-electron chi connectivity index (χ1n) is 14.4. The average molecular weight is 576 g/mol. The molecule has 3 aromatic carbocycles. The quantitative estimate of drug-likeness (QED) is 0.316. The van der Waals surface area contributed by atoms with Gasteiger partial charge in [-0.15, -0.1) is 0 Å². The van der Waals surface area contributed by atoms with E-state index in [1.807, 2.05) is 39.0 Å². The Hall–Kier alpha value is -4.27. The molecule has 2 aliphatic rings. The molecule has 0 radical (unpaired) electrons. The van der Waals surface area contributed by atoms with Gasteiger partial charge in [-0.1, -0.05) is 31.4 Å². The summed E-state index contributed by atoms with van der Waals surface area (Å²) in [6.45, 7) is 5.58. The molecule has 0 bridgehead atoms. The molecule has 1 aliphatic carbocycles. The maximum atomic E-state index is 14.0. The van der Waals surface area contributed by atoms with Gasteiger partial charge in [0, 0.05) is 36.3 Å². The van der Waals surface area contributed by atoms with Crippen LogP contribution in [0.5, 0.6) is 17.2 Å². The van der Waals surface area contributed by atoms with E-state index < -0.39 is 17.4 Å². The minimum absolute atomic E-state index is 0.0632. The van der Waals surface area contributed by atoms with Crippen molar-refractivity contribution >= 4 is 23.4 Å². The molecular formula is C33H38FN3O5. The van der Waals surface area contributed by atoms with Gasteiger partial charge in [0.2, 0.25) is 0 Å². The van der Waals surface area contributed by atoms with Gasteiger partial charge in [0.05, 0.1) is 18.5 Å². The fourth-order valence-electron chi connectivity index (χ4n) is 5.82. The third kappa shape index (κ3) is 6.00. The number of anilines is 2. The average Bonchev–Trinajstić information content (AvgIpc) is 2.96. The maximum Gasteiger partial charge on any atom is 0.412 e. The molecule has 0 spiro atoms. The van der Waals surface area contributed by atoms with Crippen LogP contribution in [0.15, 0.2) is 48.5 Å². The molecule has 1 aliphatic heterocycles. The second-order valence-corrected chi connectivity index (χ2v) is 11.5. The van der Waals surface area contributed by atoms with E-state index in [0.717, 1.165) is 53.6 Å². The monoisotopic (exact) mass is 575 g/mol. The summed E-state index contributed by atoms with van der Waals surface area (Å²) in [7, 11) is 3.29. The molecule has 0 saturated heterocycles. The third-order valence-corrected chi connectivity index (χ3v) is 8.03. The Labute approximate surface area is 246 Å². The van der Waals surface area contributed by atoms with E-state index in [2.05, 4.69) is 10.6 Å². The Balaban J connectivity index is 1.51. The highest BCUT2D eigenvalue weighted by Crippen LogP contribution is 2.45. The number of methoxy groups -OCH3 is 1. The number of hydrogen-bond donors (Lipinski definition) is 2. The molecule has 9 heteroatoms. The van der Waals surface area contributed by atoms with Gasteiger partial charge < -0.3 is 29.7 Å². The van der Waals surface area contributed by atoms with Crippen molar-refractivity contribution in [2.75, 3.05) is 24.4 Å². The first-order chi connectivity index (χ1) is 20.1. The minimum atomic E-state index is -0.796. The van der Waals surface area contributed by atoms with Crippen LogP contribution in [-0.2, 0) is 11.4 Å². The number of hydrogen-bond acceptors (Lipinski definition) is 6. The van der Waals surface area contributed by atoms with E-state index in [0.29, 0.717) is 22.9 Å². The van der Waals surface area contributed by atoms with Crippen LogP contribution in [0.3, 0.4) is 0 Å². The Morgan fingerprint density at radius 3 is 2.52 bits per heavy atom. The molecule has 1 fully saturated rings. The van der Waals surface area contributed by atoms with Crippen LogP contribution in [0.1, 0.15) is 57.1 Å². The number of benzene rings is 3. The minimum Gasteiger partial charge on any atom is -0.496 e. The van der Waals surface area contributed by atoms with Gasteiger partial charge in [0.25, 0.3) is 5.91 Å². The normalized spacial score (nSPS) is 16.3. The van der Waals surface area contributed by atoms with Gasteiger partial charge in [0.15, 0.2) is 0 Å². The van der Waals surface area contributed by atoms with Crippen molar-refractivity contribution in [3.05, 3.63) is 65.5 Å². The van der Waals surface area contributed by atoms with Gasteiger partial charge in [-0.05, 0) is 69.0 Å². The fourth-order valence-corrected chi connectivity index (χ4v) is 5.82. The lowest BCUT2D eigenvalue weighted by Gasteiger charge is -2.39. The molecule has 1 heterocycles. The van der Waals surface area contributed by atoms with E-state index in [9.17, 15) is 14.0 Å². The highest BCUT2D eigenvalue weighted by molar-refractivity contribution is 6.08. The lowest BCUT2D eigenvalue weighted by atomic mass is 9.91. The third-order valence-electron chi connectivity index (χ3n) is 8.03. The van der Waals surface area contributed by atoms with Gasteiger partial charge in [-0.2, -0.15) is 0 Å². The summed E-state index contributed by atoms with van der Waals surface area (Å²) in [4.78, 5) is 27.5. The standard InChI is InChI=1S/C33H38FN3O5/c1-20-11-12-21(34)17-28(20)41-19-26-24(15-16-27-30(26)37(4)31(38)33(2,3)36-27)25-14-13-23(18-29(25)40-5)42-32(39)35-22-9-7-6-8-10-22/h11-18,22,36H,6-10,19H2,1-5H3,(H,35,39). The molecule has 8 nitrogen and oxygen atoms in total. The molecule has 0 unspecified atom stereocenters. The van der Waals surface area contributed by atoms with E-state index in [1.165, 1.54) is 18.6 Å². The van der Waals surface area contributed by atoms with Gasteiger partial charge in [-0.3, -0.25) is 4.79 Å². The van der Waals surface area contributed by atoms with Crippen LogP contribution in [0.2, 0.25) is 0 Å². The number of fused-ring (bicyclic) bond motifs is 1. The van der Waals surface area contributed by atoms with Crippen molar-refractivity contribution in [2.45, 2.75) is 71.1 Å².